The lowest BCUT2D eigenvalue weighted by molar-refractivity contribution is -0.121. The standard InChI is InChI=1S/C14H22N2O3.ClH/c1-10(16-14(17)7-8-15-2)11-5-6-12(18-3)13(9-11)19-4;/h5-6,9-10,15H,7-8H2,1-4H3,(H,16,17);1H. The van der Waals surface area contributed by atoms with Crippen molar-refractivity contribution < 1.29 is 14.3 Å². The summed E-state index contributed by atoms with van der Waals surface area (Å²) in [6, 6.07) is 5.57. The summed E-state index contributed by atoms with van der Waals surface area (Å²) in [5, 5.41) is 5.89. The van der Waals surface area contributed by atoms with E-state index in [1.54, 1.807) is 14.2 Å². The first-order chi connectivity index (χ1) is 9.12. The van der Waals surface area contributed by atoms with Crippen molar-refractivity contribution in [3.8, 4) is 11.5 Å². The maximum absolute atomic E-state index is 11.7. The summed E-state index contributed by atoms with van der Waals surface area (Å²) in [7, 11) is 5.02. The Morgan fingerprint density at radius 1 is 1.25 bits per heavy atom. The fourth-order valence-corrected chi connectivity index (χ4v) is 1.76. The van der Waals surface area contributed by atoms with Crippen LogP contribution in [0.1, 0.15) is 24.9 Å². The van der Waals surface area contributed by atoms with Crippen LogP contribution in [-0.2, 0) is 4.79 Å². The molecule has 1 aromatic rings. The molecule has 0 bridgehead atoms. The second-order valence-electron chi connectivity index (χ2n) is 4.26. The van der Waals surface area contributed by atoms with Crippen LogP contribution in [0, 0.1) is 0 Å². The van der Waals surface area contributed by atoms with Gasteiger partial charge in [-0.15, -0.1) is 12.4 Å². The zero-order valence-electron chi connectivity index (χ0n) is 12.4. The van der Waals surface area contributed by atoms with Gasteiger partial charge in [-0.2, -0.15) is 0 Å². The Hall–Kier alpha value is -1.46. The molecular weight excluding hydrogens is 280 g/mol. The van der Waals surface area contributed by atoms with Crippen molar-refractivity contribution in [3.05, 3.63) is 23.8 Å². The molecule has 0 heterocycles. The van der Waals surface area contributed by atoms with Crippen LogP contribution < -0.4 is 20.1 Å². The first kappa shape index (κ1) is 18.5. The Morgan fingerprint density at radius 2 is 1.90 bits per heavy atom. The van der Waals surface area contributed by atoms with Crippen LogP contribution in [0.4, 0.5) is 0 Å². The third kappa shape index (κ3) is 5.27. The van der Waals surface area contributed by atoms with E-state index in [1.165, 1.54) is 0 Å². The summed E-state index contributed by atoms with van der Waals surface area (Å²) in [6.45, 7) is 2.61. The molecule has 1 rings (SSSR count). The zero-order valence-corrected chi connectivity index (χ0v) is 13.2. The highest BCUT2D eigenvalue weighted by Crippen LogP contribution is 2.29. The van der Waals surface area contributed by atoms with E-state index < -0.39 is 0 Å². The van der Waals surface area contributed by atoms with Crippen LogP contribution in [0.3, 0.4) is 0 Å². The van der Waals surface area contributed by atoms with Crippen LogP contribution >= 0.6 is 12.4 Å². The molecule has 0 fully saturated rings. The predicted molar refractivity (Wildman–Crippen MR) is 81.9 cm³/mol. The molecule has 0 aliphatic rings. The van der Waals surface area contributed by atoms with Gasteiger partial charge in [-0.1, -0.05) is 6.07 Å². The Bertz CT molecular complexity index is 427. The minimum Gasteiger partial charge on any atom is -0.493 e. The molecule has 1 atom stereocenters. The van der Waals surface area contributed by atoms with Gasteiger partial charge in [0.15, 0.2) is 11.5 Å². The van der Waals surface area contributed by atoms with Gasteiger partial charge in [0.05, 0.1) is 20.3 Å². The number of carbonyl (C=O) groups excluding carboxylic acids is 1. The minimum absolute atomic E-state index is 0. The van der Waals surface area contributed by atoms with Gasteiger partial charge in [-0.3, -0.25) is 4.79 Å². The molecule has 0 aliphatic carbocycles. The number of rotatable bonds is 7. The van der Waals surface area contributed by atoms with Crippen molar-refractivity contribution in [1.29, 1.82) is 0 Å². The molecule has 2 N–H and O–H groups in total. The number of carbonyl (C=O) groups is 1. The Morgan fingerprint density at radius 3 is 2.45 bits per heavy atom. The number of hydrogen-bond donors (Lipinski definition) is 2. The predicted octanol–water partition coefficient (Wildman–Crippen LogP) is 1.91. The SMILES string of the molecule is CNCCC(=O)NC(C)c1ccc(OC)c(OC)c1.Cl. The lowest BCUT2D eigenvalue weighted by atomic mass is 10.1. The van der Waals surface area contributed by atoms with E-state index >= 15 is 0 Å². The van der Waals surface area contributed by atoms with Gasteiger partial charge in [-0.25, -0.2) is 0 Å². The van der Waals surface area contributed by atoms with E-state index in [4.69, 9.17) is 9.47 Å². The van der Waals surface area contributed by atoms with Gasteiger partial charge < -0.3 is 20.1 Å². The number of methoxy groups -OCH3 is 2. The molecule has 114 valence electrons. The Kier molecular flexibility index (Phi) is 8.76. The van der Waals surface area contributed by atoms with Gasteiger partial charge in [0.25, 0.3) is 0 Å². The van der Waals surface area contributed by atoms with E-state index in [2.05, 4.69) is 10.6 Å². The highest BCUT2D eigenvalue weighted by molar-refractivity contribution is 5.85. The first-order valence-electron chi connectivity index (χ1n) is 6.28. The van der Waals surface area contributed by atoms with Crippen molar-refractivity contribution in [2.24, 2.45) is 0 Å². The molecule has 0 spiro atoms. The van der Waals surface area contributed by atoms with Gasteiger partial charge >= 0.3 is 0 Å². The Labute approximate surface area is 126 Å². The van der Waals surface area contributed by atoms with Crippen molar-refractivity contribution in [1.82, 2.24) is 10.6 Å². The van der Waals surface area contributed by atoms with E-state index in [1.807, 2.05) is 32.2 Å². The molecule has 0 aromatic heterocycles. The minimum atomic E-state index is -0.0656. The van der Waals surface area contributed by atoms with Crippen molar-refractivity contribution in [2.45, 2.75) is 19.4 Å². The number of halogens is 1. The van der Waals surface area contributed by atoms with Crippen LogP contribution in [0.25, 0.3) is 0 Å². The van der Waals surface area contributed by atoms with Crippen LogP contribution in [-0.4, -0.2) is 33.7 Å². The van der Waals surface area contributed by atoms with Crippen molar-refractivity contribution >= 4 is 18.3 Å². The zero-order chi connectivity index (χ0) is 14.3. The fraction of sp³-hybridized carbons (Fsp3) is 0.500. The highest BCUT2D eigenvalue weighted by atomic mass is 35.5. The molecule has 0 aliphatic heterocycles. The van der Waals surface area contributed by atoms with Crippen molar-refractivity contribution in [2.75, 3.05) is 27.8 Å². The second kappa shape index (κ2) is 9.44. The lowest BCUT2D eigenvalue weighted by Crippen LogP contribution is -2.29. The summed E-state index contributed by atoms with van der Waals surface area (Å²) in [5.74, 6) is 1.37. The largest absolute Gasteiger partial charge is 0.493 e. The summed E-state index contributed by atoms with van der Waals surface area (Å²) < 4.78 is 10.4. The molecule has 1 unspecified atom stereocenters. The quantitative estimate of drug-likeness (QED) is 0.808. The van der Waals surface area contributed by atoms with Gasteiger partial charge in [-0.05, 0) is 31.7 Å². The summed E-state index contributed by atoms with van der Waals surface area (Å²) >= 11 is 0. The highest BCUT2D eigenvalue weighted by Gasteiger charge is 2.12. The van der Waals surface area contributed by atoms with E-state index in [-0.39, 0.29) is 24.4 Å². The number of nitrogens with one attached hydrogen (secondary N) is 2. The fourth-order valence-electron chi connectivity index (χ4n) is 1.76. The van der Waals surface area contributed by atoms with E-state index in [9.17, 15) is 4.79 Å². The van der Waals surface area contributed by atoms with E-state index in [0.29, 0.717) is 24.5 Å². The average Bonchev–Trinajstić information content (AvgIpc) is 2.44. The second-order valence-corrected chi connectivity index (χ2v) is 4.26. The Balaban J connectivity index is 0.00000361. The maximum atomic E-state index is 11.7. The van der Waals surface area contributed by atoms with Gasteiger partial charge in [0.2, 0.25) is 5.91 Å². The molecule has 0 saturated heterocycles. The van der Waals surface area contributed by atoms with Crippen LogP contribution in [0.5, 0.6) is 11.5 Å². The summed E-state index contributed by atoms with van der Waals surface area (Å²) in [4.78, 5) is 11.7. The number of ether oxygens (including phenoxy) is 2. The van der Waals surface area contributed by atoms with Crippen molar-refractivity contribution in [3.63, 3.8) is 0 Å². The van der Waals surface area contributed by atoms with Gasteiger partial charge in [0.1, 0.15) is 0 Å². The lowest BCUT2D eigenvalue weighted by Gasteiger charge is -2.16. The molecule has 0 saturated carbocycles. The molecule has 1 aromatic carbocycles. The monoisotopic (exact) mass is 302 g/mol. The molecule has 6 heteroatoms. The topological polar surface area (TPSA) is 59.6 Å². The smallest absolute Gasteiger partial charge is 0.221 e. The maximum Gasteiger partial charge on any atom is 0.221 e. The van der Waals surface area contributed by atoms with Crippen LogP contribution in [0.15, 0.2) is 18.2 Å². The number of amides is 1. The third-order valence-electron chi connectivity index (χ3n) is 2.89. The molecule has 20 heavy (non-hydrogen) atoms. The number of hydrogen-bond acceptors (Lipinski definition) is 4. The van der Waals surface area contributed by atoms with Crippen LogP contribution in [0.2, 0.25) is 0 Å². The molecular formula is C14H23ClN2O3. The number of benzene rings is 1. The third-order valence-corrected chi connectivity index (χ3v) is 2.89. The van der Waals surface area contributed by atoms with E-state index in [0.717, 1.165) is 5.56 Å². The first-order valence-corrected chi connectivity index (χ1v) is 6.28. The molecule has 0 radical (unpaired) electrons. The summed E-state index contributed by atoms with van der Waals surface area (Å²) in [6.07, 6.45) is 0.466. The molecule has 5 nitrogen and oxygen atoms in total. The average molecular weight is 303 g/mol. The normalized spacial score (nSPS) is 11.2. The van der Waals surface area contributed by atoms with Gasteiger partial charge in [0, 0.05) is 13.0 Å². The molecule has 1 amide bonds. The summed E-state index contributed by atoms with van der Waals surface area (Å²) in [5.41, 5.74) is 0.982.